The third kappa shape index (κ3) is 3.31. The Bertz CT molecular complexity index is 602. The number of rotatable bonds is 5. The van der Waals surface area contributed by atoms with Crippen molar-refractivity contribution < 1.29 is 9.59 Å². The summed E-state index contributed by atoms with van der Waals surface area (Å²) in [6.07, 6.45) is 2.44. The number of aromatic nitrogens is 2. The highest BCUT2D eigenvalue weighted by molar-refractivity contribution is 7.15. The molecule has 2 aromatic rings. The second-order valence-electron chi connectivity index (χ2n) is 4.25. The van der Waals surface area contributed by atoms with Crippen LogP contribution in [0.5, 0.6) is 0 Å². The smallest absolute Gasteiger partial charge is 0.271 e. The van der Waals surface area contributed by atoms with Gasteiger partial charge in [-0.15, -0.1) is 11.3 Å². The summed E-state index contributed by atoms with van der Waals surface area (Å²) in [5.74, 6) is -0.241. The predicted octanol–water partition coefficient (Wildman–Crippen LogP) is 0.960. The number of hydrogen-bond acceptors (Lipinski definition) is 4. The zero-order chi connectivity index (χ0) is 13.8. The van der Waals surface area contributed by atoms with Crippen molar-refractivity contribution in [3.8, 4) is 0 Å². The lowest BCUT2D eigenvalue weighted by molar-refractivity contribution is -0.118. The van der Waals surface area contributed by atoms with E-state index in [-0.39, 0.29) is 11.8 Å². The SMILES string of the molecule is CC(=O)NCCCNC(=O)c1cn2c(C)csc2n1. The Kier molecular flexibility index (Phi) is 4.16. The van der Waals surface area contributed by atoms with Gasteiger partial charge in [-0.2, -0.15) is 0 Å². The monoisotopic (exact) mass is 280 g/mol. The Balaban J connectivity index is 1.84. The summed E-state index contributed by atoms with van der Waals surface area (Å²) in [6.45, 7) is 4.52. The Morgan fingerprint density at radius 3 is 2.79 bits per heavy atom. The average molecular weight is 280 g/mol. The number of carbonyl (C=O) groups is 2. The van der Waals surface area contributed by atoms with Crippen molar-refractivity contribution in [2.24, 2.45) is 0 Å². The molecule has 19 heavy (non-hydrogen) atoms. The normalized spacial score (nSPS) is 10.6. The molecule has 2 rings (SSSR count). The summed E-state index contributed by atoms with van der Waals surface area (Å²) in [7, 11) is 0. The van der Waals surface area contributed by atoms with E-state index in [0.29, 0.717) is 25.2 Å². The van der Waals surface area contributed by atoms with Gasteiger partial charge in [0.15, 0.2) is 4.96 Å². The van der Waals surface area contributed by atoms with E-state index in [1.54, 1.807) is 6.20 Å². The number of fused-ring (bicyclic) bond motifs is 1. The first kappa shape index (κ1) is 13.5. The summed E-state index contributed by atoms with van der Waals surface area (Å²) in [5, 5.41) is 7.45. The number of hydrogen-bond donors (Lipinski definition) is 2. The van der Waals surface area contributed by atoms with Gasteiger partial charge in [0.05, 0.1) is 0 Å². The fourth-order valence-electron chi connectivity index (χ4n) is 1.65. The molecule has 0 atom stereocenters. The van der Waals surface area contributed by atoms with Crippen LogP contribution in [0, 0.1) is 6.92 Å². The van der Waals surface area contributed by atoms with Crippen LogP contribution in [0.15, 0.2) is 11.6 Å². The highest BCUT2D eigenvalue weighted by atomic mass is 32.1. The van der Waals surface area contributed by atoms with E-state index in [2.05, 4.69) is 15.6 Å². The maximum Gasteiger partial charge on any atom is 0.271 e. The van der Waals surface area contributed by atoms with Crippen molar-refractivity contribution in [3.63, 3.8) is 0 Å². The van der Waals surface area contributed by atoms with E-state index in [0.717, 1.165) is 10.7 Å². The Hall–Kier alpha value is -1.89. The topological polar surface area (TPSA) is 75.5 Å². The van der Waals surface area contributed by atoms with Crippen LogP contribution in [-0.2, 0) is 4.79 Å². The van der Waals surface area contributed by atoms with E-state index in [1.165, 1.54) is 18.3 Å². The molecular formula is C12H16N4O2S. The summed E-state index contributed by atoms with van der Waals surface area (Å²) >= 11 is 1.51. The van der Waals surface area contributed by atoms with Gasteiger partial charge in [0.2, 0.25) is 5.91 Å². The van der Waals surface area contributed by atoms with Gasteiger partial charge in [-0.25, -0.2) is 4.98 Å². The second-order valence-corrected chi connectivity index (χ2v) is 5.08. The molecule has 0 spiro atoms. The molecule has 2 amide bonds. The number of thiazole rings is 1. The first-order chi connectivity index (χ1) is 9.08. The van der Waals surface area contributed by atoms with Gasteiger partial charge in [0.1, 0.15) is 5.69 Å². The quantitative estimate of drug-likeness (QED) is 0.801. The van der Waals surface area contributed by atoms with Crippen molar-refractivity contribution in [1.29, 1.82) is 0 Å². The maximum absolute atomic E-state index is 11.9. The van der Waals surface area contributed by atoms with Crippen molar-refractivity contribution in [3.05, 3.63) is 23.0 Å². The average Bonchev–Trinajstić information content (AvgIpc) is 2.91. The van der Waals surface area contributed by atoms with Crippen molar-refractivity contribution in [1.82, 2.24) is 20.0 Å². The molecule has 0 saturated heterocycles. The fraction of sp³-hybridized carbons (Fsp3) is 0.417. The van der Waals surface area contributed by atoms with Crippen molar-refractivity contribution in [2.75, 3.05) is 13.1 Å². The van der Waals surface area contributed by atoms with Crippen LogP contribution >= 0.6 is 11.3 Å². The predicted molar refractivity (Wildman–Crippen MR) is 73.4 cm³/mol. The van der Waals surface area contributed by atoms with Gasteiger partial charge in [0, 0.05) is 37.3 Å². The fourth-order valence-corrected chi connectivity index (χ4v) is 2.50. The third-order valence-corrected chi connectivity index (χ3v) is 3.59. The number of amides is 2. The molecular weight excluding hydrogens is 264 g/mol. The highest BCUT2D eigenvalue weighted by Crippen LogP contribution is 2.15. The number of carbonyl (C=O) groups excluding carboxylic acids is 2. The minimum absolute atomic E-state index is 0.0591. The van der Waals surface area contributed by atoms with Crippen LogP contribution in [0.4, 0.5) is 0 Å². The second kappa shape index (κ2) is 5.83. The lowest BCUT2D eigenvalue weighted by Gasteiger charge is -2.03. The van der Waals surface area contributed by atoms with Gasteiger partial charge in [-0.1, -0.05) is 0 Å². The van der Waals surface area contributed by atoms with E-state index in [1.807, 2.05) is 16.7 Å². The van der Waals surface area contributed by atoms with Gasteiger partial charge in [0.25, 0.3) is 5.91 Å². The first-order valence-electron chi connectivity index (χ1n) is 6.04. The number of imidazole rings is 1. The van der Waals surface area contributed by atoms with Gasteiger partial charge in [-0.05, 0) is 13.3 Å². The molecule has 2 N–H and O–H groups in total. The molecule has 0 aliphatic rings. The molecule has 102 valence electrons. The Morgan fingerprint density at radius 1 is 1.37 bits per heavy atom. The summed E-state index contributed by atoms with van der Waals surface area (Å²) in [6, 6.07) is 0. The molecule has 2 aromatic heterocycles. The van der Waals surface area contributed by atoms with Crippen LogP contribution in [0.3, 0.4) is 0 Å². The van der Waals surface area contributed by atoms with E-state index in [4.69, 9.17) is 0 Å². The van der Waals surface area contributed by atoms with Crippen LogP contribution in [-0.4, -0.2) is 34.3 Å². The summed E-state index contributed by atoms with van der Waals surface area (Å²) in [4.78, 5) is 27.6. The molecule has 0 aliphatic carbocycles. The number of nitrogens with zero attached hydrogens (tertiary/aromatic N) is 2. The molecule has 2 heterocycles. The van der Waals surface area contributed by atoms with Crippen LogP contribution < -0.4 is 10.6 Å². The van der Waals surface area contributed by atoms with E-state index in [9.17, 15) is 9.59 Å². The molecule has 0 unspecified atom stereocenters. The lowest BCUT2D eigenvalue weighted by Crippen LogP contribution is -2.28. The van der Waals surface area contributed by atoms with Crippen molar-refractivity contribution >= 4 is 28.1 Å². The van der Waals surface area contributed by atoms with E-state index < -0.39 is 0 Å². The van der Waals surface area contributed by atoms with Gasteiger partial charge in [-0.3, -0.25) is 14.0 Å². The highest BCUT2D eigenvalue weighted by Gasteiger charge is 2.11. The molecule has 0 saturated carbocycles. The molecule has 7 heteroatoms. The molecule has 0 aromatic carbocycles. The number of nitrogens with one attached hydrogen (secondary N) is 2. The van der Waals surface area contributed by atoms with Crippen LogP contribution in [0.1, 0.15) is 29.5 Å². The molecule has 6 nitrogen and oxygen atoms in total. The largest absolute Gasteiger partial charge is 0.356 e. The molecule has 0 fully saturated rings. The van der Waals surface area contributed by atoms with Crippen LogP contribution in [0.25, 0.3) is 4.96 Å². The standard InChI is InChI=1S/C12H16N4O2S/c1-8-7-19-12-15-10(6-16(8)12)11(18)14-5-3-4-13-9(2)17/h6-7H,3-5H2,1-2H3,(H,13,17)(H,14,18). The summed E-state index contributed by atoms with van der Waals surface area (Å²) in [5.41, 5.74) is 1.49. The minimum Gasteiger partial charge on any atom is -0.356 e. The summed E-state index contributed by atoms with van der Waals surface area (Å²) < 4.78 is 1.90. The zero-order valence-corrected chi connectivity index (χ0v) is 11.7. The molecule has 0 aliphatic heterocycles. The lowest BCUT2D eigenvalue weighted by atomic mass is 10.4. The molecule has 0 radical (unpaired) electrons. The number of aryl methyl sites for hydroxylation is 1. The van der Waals surface area contributed by atoms with Gasteiger partial charge < -0.3 is 10.6 Å². The van der Waals surface area contributed by atoms with Crippen molar-refractivity contribution in [2.45, 2.75) is 20.3 Å². The third-order valence-electron chi connectivity index (χ3n) is 2.63. The Labute approximate surface area is 114 Å². The Morgan fingerprint density at radius 2 is 2.11 bits per heavy atom. The van der Waals surface area contributed by atoms with E-state index >= 15 is 0 Å². The maximum atomic E-state index is 11.9. The first-order valence-corrected chi connectivity index (χ1v) is 6.91. The zero-order valence-electron chi connectivity index (χ0n) is 10.9. The van der Waals surface area contributed by atoms with Gasteiger partial charge >= 0.3 is 0 Å². The minimum atomic E-state index is -0.182. The van der Waals surface area contributed by atoms with Crippen LogP contribution in [0.2, 0.25) is 0 Å². The molecule has 0 bridgehead atoms.